The number of hydrogen-bond donors (Lipinski definition) is 1. The number of anilines is 1. The molecule has 0 bridgehead atoms. The van der Waals surface area contributed by atoms with Crippen molar-refractivity contribution in [1.82, 2.24) is 0 Å². The summed E-state index contributed by atoms with van der Waals surface area (Å²) in [6.07, 6.45) is 0. The van der Waals surface area contributed by atoms with Crippen LogP contribution < -0.4 is 4.90 Å². The summed E-state index contributed by atoms with van der Waals surface area (Å²) in [4.78, 5) is 1.71. The van der Waals surface area contributed by atoms with E-state index in [0.29, 0.717) is 0 Å². The zero-order chi connectivity index (χ0) is 7.40. The molecule has 0 saturated heterocycles. The summed E-state index contributed by atoms with van der Waals surface area (Å²) in [5.74, 6) is 0. The lowest BCUT2D eigenvalue weighted by Gasteiger charge is -2.14. The molecule has 0 fully saturated rings. The molecular weight excluding hydrogens is 126 g/mol. The molecule has 0 amide bonds. The van der Waals surface area contributed by atoms with Crippen molar-refractivity contribution in [2.45, 2.75) is 0 Å². The second-order valence-corrected chi connectivity index (χ2v) is 2.09. The Kier molecular flexibility index (Phi) is 2.29. The minimum absolute atomic E-state index is 0.0283. The fraction of sp³-hybridized carbons (Fsp3) is 0.250. The third-order valence-corrected chi connectivity index (χ3v) is 1.32. The lowest BCUT2D eigenvalue weighted by atomic mass is 10.3. The minimum atomic E-state index is 0.0283. The Labute approximate surface area is 60.7 Å². The first-order valence-electron chi connectivity index (χ1n) is 3.13. The lowest BCUT2D eigenvalue weighted by molar-refractivity contribution is 0.298. The SMILES string of the molecule is CN(CO)c1[c]cccc1. The highest BCUT2D eigenvalue weighted by Crippen LogP contribution is 2.07. The quantitative estimate of drug-likeness (QED) is 0.610. The molecule has 1 aromatic carbocycles. The van der Waals surface area contributed by atoms with Crippen LogP contribution in [0.1, 0.15) is 0 Å². The molecule has 10 heavy (non-hydrogen) atoms. The van der Waals surface area contributed by atoms with Crippen LogP contribution in [0.25, 0.3) is 0 Å². The van der Waals surface area contributed by atoms with Gasteiger partial charge < -0.3 is 10.0 Å². The van der Waals surface area contributed by atoms with E-state index < -0.39 is 0 Å². The summed E-state index contributed by atoms with van der Waals surface area (Å²) >= 11 is 0. The van der Waals surface area contributed by atoms with Gasteiger partial charge in [0, 0.05) is 18.8 Å². The average Bonchev–Trinajstić information content (AvgIpc) is 2.05. The summed E-state index contributed by atoms with van der Waals surface area (Å²) < 4.78 is 0. The van der Waals surface area contributed by atoms with Gasteiger partial charge in [-0.3, -0.25) is 0 Å². The van der Waals surface area contributed by atoms with Crippen molar-refractivity contribution < 1.29 is 5.11 Å². The van der Waals surface area contributed by atoms with Crippen LogP contribution in [0.15, 0.2) is 24.3 Å². The zero-order valence-electron chi connectivity index (χ0n) is 5.91. The van der Waals surface area contributed by atoms with Crippen molar-refractivity contribution in [2.24, 2.45) is 0 Å². The van der Waals surface area contributed by atoms with Gasteiger partial charge in [-0.25, -0.2) is 0 Å². The Morgan fingerprint density at radius 3 is 2.90 bits per heavy atom. The highest BCUT2D eigenvalue weighted by atomic mass is 16.3. The van der Waals surface area contributed by atoms with E-state index in [-0.39, 0.29) is 6.73 Å². The first kappa shape index (κ1) is 7.09. The van der Waals surface area contributed by atoms with Crippen LogP contribution in [-0.2, 0) is 0 Å². The van der Waals surface area contributed by atoms with Crippen molar-refractivity contribution in [3.63, 3.8) is 0 Å². The third-order valence-electron chi connectivity index (χ3n) is 1.32. The Morgan fingerprint density at radius 2 is 2.40 bits per heavy atom. The van der Waals surface area contributed by atoms with E-state index in [4.69, 9.17) is 5.11 Å². The van der Waals surface area contributed by atoms with Gasteiger partial charge >= 0.3 is 0 Å². The van der Waals surface area contributed by atoms with Gasteiger partial charge in [0.1, 0.15) is 6.73 Å². The Bertz CT molecular complexity index is 186. The molecular formula is C8H10NO. The molecule has 0 aliphatic heterocycles. The maximum Gasteiger partial charge on any atom is 0.115 e. The van der Waals surface area contributed by atoms with Crippen molar-refractivity contribution in [1.29, 1.82) is 0 Å². The highest BCUT2D eigenvalue weighted by Gasteiger charge is 1.94. The predicted octanol–water partition coefficient (Wildman–Crippen LogP) is 0.873. The van der Waals surface area contributed by atoms with E-state index in [1.54, 1.807) is 4.90 Å². The van der Waals surface area contributed by atoms with Gasteiger partial charge in [0.15, 0.2) is 0 Å². The van der Waals surface area contributed by atoms with Crippen molar-refractivity contribution in [3.8, 4) is 0 Å². The number of rotatable bonds is 2. The van der Waals surface area contributed by atoms with Crippen LogP contribution >= 0.6 is 0 Å². The molecule has 0 aliphatic rings. The molecule has 1 radical (unpaired) electrons. The predicted molar refractivity (Wildman–Crippen MR) is 40.8 cm³/mol. The van der Waals surface area contributed by atoms with Gasteiger partial charge in [-0.2, -0.15) is 0 Å². The first-order valence-corrected chi connectivity index (χ1v) is 3.13. The van der Waals surface area contributed by atoms with Crippen LogP contribution in [0.4, 0.5) is 5.69 Å². The van der Waals surface area contributed by atoms with Gasteiger partial charge in [0.2, 0.25) is 0 Å². The average molecular weight is 136 g/mol. The Hall–Kier alpha value is -1.02. The monoisotopic (exact) mass is 136 g/mol. The first-order chi connectivity index (χ1) is 4.84. The van der Waals surface area contributed by atoms with Gasteiger partial charge in [-0.05, 0) is 6.07 Å². The smallest absolute Gasteiger partial charge is 0.115 e. The van der Waals surface area contributed by atoms with Crippen molar-refractivity contribution >= 4 is 5.69 Å². The molecule has 1 N–H and O–H groups in total. The normalized spacial score (nSPS) is 9.40. The van der Waals surface area contributed by atoms with Crippen LogP contribution in [0.3, 0.4) is 0 Å². The van der Waals surface area contributed by atoms with Crippen LogP contribution in [-0.4, -0.2) is 18.9 Å². The maximum atomic E-state index is 8.69. The number of aliphatic hydroxyl groups excluding tert-OH is 1. The van der Waals surface area contributed by atoms with Gasteiger partial charge in [0.05, 0.1) is 0 Å². The summed E-state index contributed by atoms with van der Waals surface area (Å²) in [6, 6.07) is 10.5. The van der Waals surface area contributed by atoms with Crippen LogP contribution in [0.2, 0.25) is 0 Å². The molecule has 0 heterocycles. The fourth-order valence-corrected chi connectivity index (χ4v) is 0.697. The fourth-order valence-electron chi connectivity index (χ4n) is 0.697. The number of benzene rings is 1. The van der Waals surface area contributed by atoms with Crippen LogP contribution in [0.5, 0.6) is 0 Å². The van der Waals surface area contributed by atoms with E-state index in [0.717, 1.165) is 5.69 Å². The molecule has 53 valence electrons. The highest BCUT2D eigenvalue weighted by molar-refractivity contribution is 5.43. The standard InChI is InChI=1S/C8H10NO/c1-9(7-10)8-5-3-2-4-6-8/h2-5,10H,7H2,1H3. The van der Waals surface area contributed by atoms with Gasteiger partial charge in [-0.1, -0.05) is 18.2 Å². The molecule has 0 atom stereocenters. The Morgan fingerprint density at radius 1 is 1.60 bits per heavy atom. The summed E-state index contributed by atoms with van der Waals surface area (Å²) in [6.45, 7) is 0.0283. The van der Waals surface area contributed by atoms with E-state index in [9.17, 15) is 0 Å². The van der Waals surface area contributed by atoms with Gasteiger partial charge in [0.25, 0.3) is 0 Å². The van der Waals surface area contributed by atoms with E-state index >= 15 is 0 Å². The van der Waals surface area contributed by atoms with Crippen molar-refractivity contribution in [2.75, 3.05) is 18.7 Å². The molecule has 0 saturated carbocycles. The van der Waals surface area contributed by atoms with E-state index in [1.165, 1.54) is 0 Å². The summed E-state index contributed by atoms with van der Waals surface area (Å²) in [5, 5.41) is 8.69. The van der Waals surface area contributed by atoms with E-state index in [2.05, 4.69) is 6.07 Å². The molecule has 0 aromatic heterocycles. The molecule has 1 aromatic rings. The third kappa shape index (κ3) is 1.48. The molecule has 1 rings (SSSR count). The second-order valence-electron chi connectivity index (χ2n) is 2.09. The summed E-state index contributed by atoms with van der Waals surface area (Å²) in [7, 11) is 1.81. The topological polar surface area (TPSA) is 23.5 Å². The largest absolute Gasteiger partial charge is 0.376 e. The summed E-state index contributed by atoms with van der Waals surface area (Å²) in [5.41, 5.74) is 0.907. The molecule has 2 heteroatoms. The second kappa shape index (κ2) is 3.22. The van der Waals surface area contributed by atoms with Gasteiger partial charge in [-0.15, -0.1) is 0 Å². The maximum absolute atomic E-state index is 8.69. The number of para-hydroxylation sites is 1. The number of hydrogen-bond acceptors (Lipinski definition) is 2. The molecule has 0 spiro atoms. The Balaban J connectivity index is 2.75. The number of nitrogens with zero attached hydrogens (tertiary/aromatic N) is 1. The zero-order valence-corrected chi connectivity index (χ0v) is 5.91. The molecule has 0 unspecified atom stereocenters. The molecule has 2 nitrogen and oxygen atoms in total. The van der Waals surface area contributed by atoms with Crippen molar-refractivity contribution in [3.05, 3.63) is 30.3 Å². The van der Waals surface area contributed by atoms with E-state index in [1.807, 2.05) is 31.3 Å². The minimum Gasteiger partial charge on any atom is -0.376 e. The molecule has 0 aliphatic carbocycles. The van der Waals surface area contributed by atoms with Crippen LogP contribution in [0, 0.1) is 6.07 Å². The number of aliphatic hydroxyl groups is 1. The lowest BCUT2D eigenvalue weighted by Crippen LogP contribution is -2.17.